The van der Waals surface area contributed by atoms with Crippen LogP contribution in [0.4, 0.5) is 22.7 Å². The van der Waals surface area contributed by atoms with Crippen molar-refractivity contribution < 1.29 is 9.84 Å². The van der Waals surface area contributed by atoms with Gasteiger partial charge in [-0.05, 0) is 72.5 Å². The van der Waals surface area contributed by atoms with E-state index in [-0.39, 0.29) is 5.75 Å². The van der Waals surface area contributed by atoms with Crippen molar-refractivity contribution in [3.8, 4) is 11.5 Å². The quantitative estimate of drug-likeness (QED) is 0.114. The van der Waals surface area contributed by atoms with Crippen LogP contribution >= 0.6 is 0 Å². The van der Waals surface area contributed by atoms with Crippen molar-refractivity contribution in [2.75, 3.05) is 6.61 Å². The van der Waals surface area contributed by atoms with Crippen LogP contribution in [0.2, 0.25) is 0 Å². The Labute approximate surface area is 237 Å². The Kier molecular flexibility index (Phi) is 11.7. The second-order valence-corrected chi connectivity index (χ2v) is 10.1. The van der Waals surface area contributed by atoms with Crippen molar-refractivity contribution >= 4 is 33.5 Å². The number of fused-ring (bicyclic) bond motifs is 1. The van der Waals surface area contributed by atoms with Crippen molar-refractivity contribution in [1.82, 2.24) is 0 Å². The lowest BCUT2D eigenvalue weighted by Crippen LogP contribution is -1.97. The Morgan fingerprint density at radius 1 is 0.575 bits per heavy atom. The van der Waals surface area contributed by atoms with E-state index in [4.69, 9.17) is 4.74 Å². The lowest BCUT2D eigenvalue weighted by atomic mass is 10.1. The number of phenols is 1. The fraction of sp³-hybridized carbons (Fsp3) is 0.353. The van der Waals surface area contributed by atoms with E-state index >= 15 is 0 Å². The van der Waals surface area contributed by atoms with Gasteiger partial charge in [-0.2, -0.15) is 15.3 Å². The largest absolute Gasteiger partial charge is 0.506 e. The number of phenolic OH excluding ortho intramolecular Hbond substituents is 1. The first-order valence-corrected chi connectivity index (χ1v) is 14.6. The molecule has 0 aliphatic rings. The summed E-state index contributed by atoms with van der Waals surface area (Å²) in [5, 5.41) is 29.4. The summed E-state index contributed by atoms with van der Waals surface area (Å²) in [5.74, 6) is 0.917. The molecule has 6 heteroatoms. The molecule has 0 aliphatic heterocycles. The van der Waals surface area contributed by atoms with Crippen LogP contribution in [-0.2, 0) is 0 Å². The Morgan fingerprint density at radius 3 is 1.80 bits per heavy atom. The normalized spacial score (nSPS) is 11.6. The van der Waals surface area contributed by atoms with Crippen molar-refractivity contribution in [3.63, 3.8) is 0 Å². The molecule has 0 spiro atoms. The van der Waals surface area contributed by atoms with E-state index in [1.165, 1.54) is 57.8 Å². The lowest BCUT2D eigenvalue weighted by Gasteiger charge is -2.09. The number of unbranched alkanes of at least 4 members (excludes halogenated alkanes) is 9. The highest BCUT2D eigenvalue weighted by Crippen LogP contribution is 2.37. The van der Waals surface area contributed by atoms with E-state index in [0.29, 0.717) is 18.0 Å². The predicted molar refractivity (Wildman–Crippen MR) is 164 cm³/mol. The van der Waals surface area contributed by atoms with Gasteiger partial charge in [0.25, 0.3) is 0 Å². The minimum atomic E-state index is 0.0866. The molecule has 4 aromatic carbocycles. The van der Waals surface area contributed by atoms with Gasteiger partial charge < -0.3 is 9.84 Å². The van der Waals surface area contributed by atoms with Crippen molar-refractivity contribution in [1.29, 1.82) is 0 Å². The van der Waals surface area contributed by atoms with E-state index in [1.54, 1.807) is 6.07 Å². The Balaban J connectivity index is 1.27. The van der Waals surface area contributed by atoms with Crippen molar-refractivity contribution in [3.05, 3.63) is 84.9 Å². The van der Waals surface area contributed by atoms with Gasteiger partial charge in [0.1, 0.15) is 17.2 Å². The van der Waals surface area contributed by atoms with Crippen LogP contribution < -0.4 is 4.74 Å². The van der Waals surface area contributed by atoms with E-state index in [9.17, 15) is 5.11 Å². The number of rotatable bonds is 16. The molecular weight excluding hydrogens is 496 g/mol. The second-order valence-electron chi connectivity index (χ2n) is 10.1. The van der Waals surface area contributed by atoms with Crippen LogP contribution in [0.15, 0.2) is 105 Å². The fourth-order valence-corrected chi connectivity index (χ4v) is 4.56. The Morgan fingerprint density at radius 2 is 1.15 bits per heavy atom. The molecular formula is C34H40N4O2. The summed E-state index contributed by atoms with van der Waals surface area (Å²) in [7, 11) is 0. The first-order chi connectivity index (χ1) is 19.7. The number of hydrogen-bond donors (Lipinski definition) is 1. The van der Waals surface area contributed by atoms with E-state index in [1.807, 2.05) is 78.9 Å². The van der Waals surface area contributed by atoms with Crippen LogP contribution in [0.1, 0.15) is 71.1 Å². The average Bonchev–Trinajstić information content (AvgIpc) is 2.99. The average molecular weight is 537 g/mol. The SMILES string of the molecule is CCCCCCCCCCCCOc1ccc2c(/N=N/c3ccc(/N=N/c4ccccc4)cc3)c(O)ccc2c1. The maximum Gasteiger partial charge on any atom is 0.143 e. The topological polar surface area (TPSA) is 78.9 Å². The molecule has 0 saturated heterocycles. The first kappa shape index (κ1) is 28.9. The van der Waals surface area contributed by atoms with Gasteiger partial charge >= 0.3 is 0 Å². The zero-order valence-corrected chi connectivity index (χ0v) is 23.5. The third-order valence-corrected chi connectivity index (χ3v) is 6.86. The zero-order valence-electron chi connectivity index (χ0n) is 23.5. The molecule has 6 nitrogen and oxygen atoms in total. The van der Waals surface area contributed by atoms with Crippen LogP contribution in [0.3, 0.4) is 0 Å². The molecule has 40 heavy (non-hydrogen) atoms. The second kappa shape index (κ2) is 16.1. The van der Waals surface area contributed by atoms with Crippen LogP contribution in [0, 0.1) is 0 Å². The molecule has 0 aliphatic carbocycles. The zero-order chi connectivity index (χ0) is 27.8. The molecule has 208 valence electrons. The van der Waals surface area contributed by atoms with Gasteiger partial charge in [-0.15, -0.1) is 5.11 Å². The molecule has 0 amide bonds. The smallest absolute Gasteiger partial charge is 0.143 e. The van der Waals surface area contributed by atoms with Crippen LogP contribution in [0.25, 0.3) is 10.8 Å². The lowest BCUT2D eigenvalue weighted by molar-refractivity contribution is 0.304. The van der Waals surface area contributed by atoms with Gasteiger partial charge in [-0.1, -0.05) is 89.0 Å². The number of aromatic hydroxyl groups is 1. The number of ether oxygens (including phenoxy) is 1. The minimum absolute atomic E-state index is 0.0866. The number of benzene rings is 4. The van der Waals surface area contributed by atoms with Crippen LogP contribution in [-0.4, -0.2) is 11.7 Å². The van der Waals surface area contributed by atoms with Crippen molar-refractivity contribution in [2.24, 2.45) is 20.5 Å². The first-order valence-electron chi connectivity index (χ1n) is 14.6. The van der Waals surface area contributed by atoms with Gasteiger partial charge in [-0.25, -0.2) is 0 Å². The maximum atomic E-state index is 10.5. The van der Waals surface area contributed by atoms with Gasteiger partial charge in [-0.3, -0.25) is 0 Å². The van der Waals surface area contributed by atoms with E-state index in [2.05, 4.69) is 27.4 Å². The van der Waals surface area contributed by atoms with Gasteiger partial charge in [0.2, 0.25) is 0 Å². The number of hydrogen-bond acceptors (Lipinski definition) is 6. The molecule has 4 aromatic rings. The summed E-state index contributed by atoms with van der Waals surface area (Å²) in [6, 6.07) is 26.3. The predicted octanol–water partition coefficient (Wildman–Crippen LogP) is 11.7. The molecule has 0 bridgehead atoms. The molecule has 4 rings (SSSR count). The van der Waals surface area contributed by atoms with Crippen LogP contribution in [0.5, 0.6) is 11.5 Å². The maximum absolute atomic E-state index is 10.5. The third kappa shape index (κ3) is 9.30. The standard InChI is InChI=1S/C34H40N4O2/c1-2-3-4-5-6-7-8-9-10-14-25-40-31-22-23-32-27(26-31)17-24-33(39)34(32)38-37-30-20-18-29(19-21-30)36-35-28-15-12-11-13-16-28/h11-13,15-24,26,39H,2-10,14,25H2,1H3/b36-35+,38-37+. The highest BCUT2D eigenvalue weighted by Gasteiger charge is 2.08. The number of nitrogens with zero attached hydrogens (tertiary/aromatic N) is 4. The van der Waals surface area contributed by atoms with Gasteiger partial charge in [0.15, 0.2) is 0 Å². The number of azo groups is 2. The van der Waals surface area contributed by atoms with Gasteiger partial charge in [0, 0.05) is 5.39 Å². The third-order valence-electron chi connectivity index (χ3n) is 6.86. The summed E-state index contributed by atoms with van der Waals surface area (Å²) in [6.45, 7) is 2.98. The summed E-state index contributed by atoms with van der Waals surface area (Å²) in [4.78, 5) is 0. The monoisotopic (exact) mass is 536 g/mol. The summed E-state index contributed by atoms with van der Waals surface area (Å²) < 4.78 is 6.01. The molecule has 1 N–H and O–H groups in total. The molecule has 0 saturated carbocycles. The molecule has 0 unspecified atom stereocenters. The Bertz CT molecular complexity index is 1370. The van der Waals surface area contributed by atoms with E-state index < -0.39 is 0 Å². The summed E-state index contributed by atoms with van der Waals surface area (Å²) in [5.41, 5.74) is 2.62. The molecule has 0 fully saturated rings. The minimum Gasteiger partial charge on any atom is -0.506 e. The fourth-order valence-electron chi connectivity index (χ4n) is 4.56. The highest BCUT2D eigenvalue weighted by molar-refractivity contribution is 5.96. The molecule has 0 aromatic heterocycles. The van der Waals surface area contributed by atoms with E-state index in [0.717, 1.165) is 34.3 Å². The highest BCUT2D eigenvalue weighted by atomic mass is 16.5. The van der Waals surface area contributed by atoms with Crippen molar-refractivity contribution in [2.45, 2.75) is 71.1 Å². The molecule has 0 radical (unpaired) electrons. The summed E-state index contributed by atoms with van der Waals surface area (Å²) >= 11 is 0. The van der Waals surface area contributed by atoms with Gasteiger partial charge in [0.05, 0.1) is 23.7 Å². The molecule has 0 atom stereocenters. The molecule has 0 heterocycles. The Hall–Kier alpha value is -4.06. The summed E-state index contributed by atoms with van der Waals surface area (Å²) in [6.07, 6.45) is 13.1.